The fourth-order valence-corrected chi connectivity index (χ4v) is 2.01. The molecule has 0 radical (unpaired) electrons. The van der Waals surface area contributed by atoms with Gasteiger partial charge in [0.1, 0.15) is 11.8 Å². The molecule has 1 aromatic carbocycles. The first-order chi connectivity index (χ1) is 10.5. The maximum atomic E-state index is 12.0. The van der Waals surface area contributed by atoms with Crippen molar-refractivity contribution in [3.05, 3.63) is 29.8 Å². The zero-order valence-corrected chi connectivity index (χ0v) is 13.5. The molecule has 0 saturated heterocycles. The predicted octanol–water partition coefficient (Wildman–Crippen LogP) is 2.08. The molecule has 0 saturated carbocycles. The van der Waals surface area contributed by atoms with E-state index in [0.29, 0.717) is 12.3 Å². The van der Waals surface area contributed by atoms with E-state index in [1.807, 2.05) is 38.1 Å². The minimum Gasteiger partial charge on any atom is -0.496 e. The number of nitrogens with one attached hydrogen (secondary N) is 2. The van der Waals surface area contributed by atoms with Gasteiger partial charge < -0.3 is 20.1 Å². The van der Waals surface area contributed by atoms with Crippen molar-refractivity contribution >= 4 is 12.0 Å². The van der Waals surface area contributed by atoms with Gasteiger partial charge in [-0.25, -0.2) is 9.59 Å². The van der Waals surface area contributed by atoms with Gasteiger partial charge in [-0.15, -0.1) is 0 Å². The highest BCUT2D eigenvalue weighted by molar-refractivity contribution is 5.83. The summed E-state index contributed by atoms with van der Waals surface area (Å²) in [6.07, 6.45) is 0.757. The van der Waals surface area contributed by atoms with Crippen molar-refractivity contribution in [2.24, 2.45) is 5.92 Å². The molecule has 22 heavy (non-hydrogen) atoms. The second kappa shape index (κ2) is 8.92. The van der Waals surface area contributed by atoms with Gasteiger partial charge in [-0.1, -0.05) is 38.5 Å². The van der Waals surface area contributed by atoms with E-state index in [9.17, 15) is 9.59 Å². The Morgan fingerprint density at radius 2 is 1.91 bits per heavy atom. The Labute approximate surface area is 131 Å². The van der Waals surface area contributed by atoms with Gasteiger partial charge in [0.15, 0.2) is 0 Å². The summed E-state index contributed by atoms with van der Waals surface area (Å²) in [5, 5.41) is 5.38. The molecule has 2 atom stereocenters. The molecule has 122 valence electrons. The van der Waals surface area contributed by atoms with E-state index in [1.165, 1.54) is 7.11 Å². The molecule has 2 amide bonds. The first-order valence-electron chi connectivity index (χ1n) is 7.27. The molecule has 2 N–H and O–H groups in total. The molecular weight excluding hydrogens is 284 g/mol. The van der Waals surface area contributed by atoms with Gasteiger partial charge in [-0.05, 0) is 12.0 Å². The van der Waals surface area contributed by atoms with Gasteiger partial charge in [-0.3, -0.25) is 0 Å². The van der Waals surface area contributed by atoms with Crippen molar-refractivity contribution in [1.82, 2.24) is 10.6 Å². The highest BCUT2D eigenvalue weighted by Crippen LogP contribution is 2.16. The van der Waals surface area contributed by atoms with E-state index < -0.39 is 18.0 Å². The molecule has 0 heterocycles. The van der Waals surface area contributed by atoms with Crippen molar-refractivity contribution in [1.29, 1.82) is 0 Å². The van der Waals surface area contributed by atoms with Crippen LogP contribution in [0.5, 0.6) is 5.75 Å². The highest BCUT2D eigenvalue weighted by atomic mass is 16.5. The van der Waals surface area contributed by atoms with E-state index in [1.54, 1.807) is 7.11 Å². The Morgan fingerprint density at radius 3 is 2.50 bits per heavy atom. The van der Waals surface area contributed by atoms with Gasteiger partial charge in [-0.2, -0.15) is 0 Å². The van der Waals surface area contributed by atoms with E-state index in [2.05, 4.69) is 10.6 Å². The molecule has 0 aliphatic heterocycles. The molecule has 6 heteroatoms. The molecule has 2 unspecified atom stereocenters. The summed E-state index contributed by atoms with van der Waals surface area (Å²) in [4.78, 5) is 23.7. The average molecular weight is 308 g/mol. The summed E-state index contributed by atoms with van der Waals surface area (Å²) in [5.74, 6) is 0.250. The summed E-state index contributed by atoms with van der Waals surface area (Å²) in [6, 6.07) is 6.35. The Hall–Kier alpha value is -2.24. The lowest BCUT2D eigenvalue weighted by atomic mass is 9.99. The SMILES string of the molecule is CCC(C)C(NC(=O)NCc1ccccc1OC)C(=O)OC. The maximum absolute atomic E-state index is 12.0. The summed E-state index contributed by atoms with van der Waals surface area (Å²) in [6.45, 7) is 4.15. The second-order valence-corrected chi connectivity index (χ2v) is 5.03. The number of hydrogen-bond acceptors (Lipinski definition) is 4. The van der Waals surface area contributed by atoms with Crippen LogP contribution in [0.1, 0.15) is 25.8 Å². The summed E-state index contributed by atoms with van der Waals surface area (Å²) >= 11 is 0. The largest absolute Gasteiger partial charge is 0.496 e. The number of para-hydroxylation sites is 1. The maximum Gasteiger partial charge on any atom is 0.328 e. The second-order valence-electron chi connectivity index (χ2n) is 5.03. The van der Waals surface area contributed by atoms with Crippen molar-refractivity contribution < 1.29 is 19.1 Å². The van der Waals surface area contributed by atoms with Gasteiger partial charge >= 0.3 is 12.0 Å². The molecular formula is C16H24N2O4. The van der Waals surface area contributed by atoms with E-state index in [-0.39, 0.29) is 5.92 Å². The Balaban J connectivity index is 2.62. The Morgan fingerprint density at radius 1 is 1.23 bits per heavy atom. The zero-order chi connectivity index (χ0) is 16.5. The number of carbonyl (C=O) groups is 2. The van der Waals surface area contributed by atoms with E-state index >= 15 is 0 Å². The van der Waals surface area contributed by atoms with Gasteiger partial charge in [0.25, 0.3) is 0 Å². The third-order valence-electron chi connectivity index (χ3n) is 3.59. The van der Waals surface area contributed by atoms with Crippen LogP contribution < -0.4 is 15.4 Å². The van der Waals surface area contributed by atoms with Crippen LogP contribution in [0.25, 0.3) is 0 Å². The first kappa shape index (κ1) is 17.8. The standard InChI is InChI=1S/C16H24N2O4/c1-5-11(2)14(15(19)22-4)18-16(20)17-10-12-8-6-7-9-13(12)21-3/h6-9,11,14H,5,10H2,1-4H3,(H2,17,18,20). The van der Waals surface area contributed by atoms with Crippen LogP contribution >= 0.6 is 0 Å². The monoisotopic (exact) mass is 308 g/mol. The summed E-state index contributed by atoms with van der Waals surface area (Å²) in [7, 11) is 2.89. The van der Waals surface area contributed by atoms with Crippen LogP contribution in [-0.2, 0) is 16.1 Å². The minimum atomic E-state index is -0.660. The van der Waals surface area contributed by atoms with Crippen molar-refractivity contribution in [3.63, 3.8) is 0 Å². The molecule has 6 nitrogen and oxygen atoms in total. The molecule has 0 fully saturated rings. The summed E-state index contributed by atoms with van der Waals surface area (Å²) < 4.78 is 9.96. The van der Waals surface area contributed by atoms with E-state index in [0.717, 1.165) is 12.0 Å². The van der Waals surface area contributed by atoms with Crippen LogP contribution in [0.4, 0.5) is 4.79 Å². The summed E-state index contributed by atoms with van der Waals surface area (Å²) in [5.41, 5.74) is 0.860. The van der Waals surface area contributed by atoms with Crippen LogP contribution in [-0.4, -0.2) is 32.3 Å². The number of amides is 2. The number of rotatable bonds is 7. The molecule has 0 spiro atoms. The number of ether oxygens (including phenoxy) is 2. The normalized spacial score (nSPS) is 12.9. The van der Waals surface area contributed by atoms with Crippen molar-refractivity contribution in [2.75, 3.05) is 14.2 Å². The Kier molecular flexibility index (Phi) is 7.22. The third-order valence-corrected chi connectivity index (χ3v) is 3.59. The quantitative estimate of drug-likeness (QED) is 0.756. The fraction of sp³-hybridized carbons (Fsp3) is 0.500. The topological polar surface area (TPSA) is 76.7 Å². The molecule has 1 rings (SSSR count). The lowest BCUT2D eigenvalue weighted by molar-refractivity contribution is -0.144. The number of methoxy groups -OCH3 is 2. The number of benzene rings is 1. The van der Waals surface area contributed by atoms with Gasteiger partial charge in [0.05, 0.1) is 14.2 Å². The smallest absolute Gasteiger partial charge is 0.328 e. The van der Waals surface area contributed by atoms with Crippen LogP contribution in [0.3, 0.4) is 0 Å². The molecule has 0 aliphatic carbocycles. The minimum absolute atomic E-state index is 0.00976. The molecule has 0 aromatic heterocycles. The highest BCUT2D eigenvalue weighted by Gasteiger charge is 2.26. The number of esters is 1. The van der Waals surface area contributed by atoms with Crippen LogP contribution in [0.15, 0.2) is 24.3 Å². The van der Waals surface area contributed by atoms with E-state index in [4.69, 9.17) is 9.47 Å². The number of hydrogen-bond donors (Lipinski definition) is 2. The molecule has 1 aromatic rings. The first-order valence-corrected chi connectivity index (χ1v) is 7.27. The van der Waals surface area contributed by atoms with Crippen molar-refractivity contribution in [2.45, 2.75) is 32.9 Å². The predicted molar refractivity (Wildman–Crippen MR) is 83.6 cm³/mol. The van der Waals surface area contributed by atoms with Crippen LogP contribution in [0, 0.1) is 5.92 Å². The van der Waals surface area contributed by atoms with Gasteiger partial charge in [0.2, 0.25) is 0 Å². The van der Waals surface area contributed by atoms with Crippen LogP contribution in [0.2, 0.25) is 0 Å². The third kappa shape index (κ3) is 4.95. The lowest BCUT2D eigenvalue weighted by Crippen LogP contribution is -2.49. The molecule has 0 aliphatic rings. The lowest BCUT2D eigenvalue weighted by Gasteiger charge is -2.22. The zero-order valence-electron chi connectivity index (χ0n) is 13.5. The van der Waals surface area contributed by atoms with Gasteiger partial charge in [0, 0.05) is 12.1 Å². The molecule has 0 bridgehead atoms. The van der Waals surface area contributed by atoms with Crippen molar-refractivity contribution in [3.8, 4) is 5.75 Å². The Bertz CT molecular complexity index is 505. The number of carbonyl (C=O) groups excluding carboxylic acids is 2. The average Bonchev–Trinajstić information content (AvgIpc) is 2.56. The fourth-order valence-electron chi connectivity index (χ4n) is 2.01. The number of urea groups is 1.